The molecular formula is C22H21ClFN3OSi. The molecule has 0 bridgehead atoms. The summed E-state index contributed by atoms with van der Waals surface area (Å²) in [6.07, 6.45) is 3.17. The van der Waals surface area contributed by atoms with Crippen molar-refractivity contribution in [1.82, 2.24) is 9.97 Å². The first-order chi connectivity index (χ1) is 13.8. The summed E-state index contributed by atoms with van der Waals surface area (Å²) in [5.74, 6) is 4.02. The van der Waals surface area contributed by atoms with E-state index in [0.717, 1.165) is 16.8 Å². The maximum absolute atomic E-state index is 13.3. The average molecular weight is 426 g/mol. The van der Waals surface area contributed by atoms with E-state index < -0.39 is 8.07 Å². The quantitative estimate of drug-likeness (QED) is 0.413. The fourth-order valence-corrected chi connectivity index (χ4v) is 3.14. The number of anilines is 2. The van der Waals surface area contributed by atoms with Crippen molar-refractivity contribution in [1.29, 1.82) is 0 Å². The van der Waals surface area contributed by atoms with Gasteiger partial charge in [0, 0.05) is 11.9 Å². The number of ether oxygens (including phenoxy) is 1. The van der Waals surface area contributed by atoms with Crippen LogP contribution in [0.3, 0.4) is 0 Å². The van der Waals surface area contributed by atoms with Gasteiger partial charge >= 0.3 is 0 Å². The second kappa shape index (κ2) is 9.08. The van der Waals surface area contributed by atoms with Gasteiger partial charge in [0.05, 0.1) is 10.6 Å². The summed E-state index contributed by atoms with van der Waals surface area (Å²) in [6.45, 7) is 6.77. The molecule has 1 heterocycles. The van der Waals surface area contributed by atoms with Gasteiger partial charge in [0.1, 0.15) is 38.4 Å². The SMILES string of the molecule is C[Si](C)(C)C#Cc1cncnc1Nc1ccc(OCc2cccc(F)c2)c(Cl)c1. The number of aromatic nitrogens is 2. The Morgan fingerprint density at radius 3 is 2.72 bits per heavy atom. The largest absolute Gasteiger partial charge is 0.487 e. The minimum Gasteiger partial charge on any atom is -0.487 e. The molecule has 0 spiro atoms. The van der Waals surface area contributed by atoms with Crippen molar-refractivity contribution in [3.8, 4) is 17.2 Å². The Balaban J connectivity index is 1.73. The Labute approximate surface area is 176 Å². The lowest BCUT2D eigenvalue weighted by molar-refractivity contribution is 0.306. The standard InChI is InChI=1S/C22H21ClFN3OSi/c1-29(2,3)10-9-17-13-25-15-26-22(17)27-19-7-8-21(20(23)12-19)28-14-16-5-4-6-18(24)11-16/h4-8,11-13,15H,14H2,1-3H3,(H,25,26,27). The summed E-state index contributed by atoms with van der Waals surface area (Å²) in [6, 6.07) is 11.6. The van der Waals surface area contributed by atoms with Gasteiger partial charge < -0.3 is 10.1 Å². The predicted molar refractivity (Wildman–Crippen MR) is 118 cm³/mol. The molecule has 1 aromatic heterocycles. The van der Waals surface area contributed by atoms with E-state index in [1.165, 1.54) is 18.5 Å². The molecule has 1 N–H and O–H groups in total. The van der Waals surface area contributed by atoms with Gasteiger partial charge in [-0.15, -0.1) is 5.54 Å². The Kier molecular flexibility index (Phi) is 6.52. The molecule has 148 valence electrons. The number of halogens is 2. The van der Waals surface area contributed by atoms with Crippen LogP contribution in [0.15, 0.2) is 55.0 Å². The van der Waals surface area contributed by atoms with E-state index in [1.807, 2.05) is 6.07 Å². The second-order valence-electron chi connectivity index (χ2n) is 7.47. The van der Waals surface area contributed by atoms with Gasteiger partial charge in [-0.3, -0.25) is 0 Å². The molecule has 0 aliphatic carbocycles. The lowest BCUT2D eigenvalue weighted by Crippen LogP contribution is -2.16. The number of rotatable bonds is 5. The normalized spacial score (nSPS) is 10.8. The number of nitrogens with zero attached hydrogens (tertiary/aromatic N) is 2. The van der Waals surface area contributed by atoms with Gasteiger partial charge in [-0.25, -0.2) is 14.4 Å². The van der Waals surface area contributed by atoms with Crippen LogP contribution in [-0.2, 0) is 6.61 Å². The van der Waals surface area contributed by atoms with Crippen LogP contribution in [0.4, 0.5) is 15.9 Å². The molecule has 0 aliphatic heterocycles. The van der Waals surface area contributed by atoms with Crippen molar-refractivity contribution in [3.05, 3.63) is 77.0 Å². The lowest BCUT2D eigenvalue weighted by atomic mass is 10.2. The van der Waals surface area contributed by atoms with E-state index in [1.54, 1.807) is 30.5 Å². The molecule has 3 rings (SSSR count). The van der Waals surface area contributed by atoms with Crippen molar-refractivity contribution < 1.29 is 9.13 Å². The van der Waals surface area contributed by atoms with Crippen molar-refractivity contribution in [2.24, 2.45) is 0 Å². The topological polar surface area (TPSA) is 47.0 Å². The lowest BCUT2D eigenvalue weighted by Gasteiger charge is -2.12. The Morgan fingerprint density at radius 2 is 2.00 bits per heavy atom. The van der Waals surface area contributed by atoms with Gasteiger partial charge in [-0.2, -0.15) is 0 Å². The van der Waals surface area contributed by atoms with Gasteiger partial charge in [0.15, 0.2) is 0 Å². The van der Waals surface area contributed by atoms with Crippen LogP contribution in [0.1, 0.15) is 11.1 Å². The summed E-state index contributed by atoms with van der Waals surface area (Å²) in [5, 5.41) is 3.67. The first kappa shape index (κ1) is 20.8. The molecule has 0 amide bonds. The summed E-state index contributed by atoms with van der Waals surface area (Å²) in [7, 11) is -1.52. The molecule has 0 radical (unpaired) electrons. The second-order valence-corrected chi connectivity index (χ2v) is 12.6. The van der Waals surface area contributed by atoms with Crippen LogP contribution in [0.2, 0.25) is 24.7 Å². The van der Waals surface area contributed by atoms with Crippen LogP contribution < -0.4 is 10.1 Å². The molecule has 4 nitrogen and oxygen atoms in total. The Bertz CT molecular complexity index is 1070. The number of benzene rings is 2. The molecule has 0 saturated heterocycles. The highest BCUT2D eigenvalue weighted by molar-refractivity contribution is 6.83. The molecule has 0 unspecified atom stereocenters. The van der Waals surface area contributed by atoms with Crippen molar-refractivity contribution in [3.63, 3.8) is 0 Å². The van der Waals surface area contributed by atoms with Gasteiger partial charge in [0.25, 0.3) is 0 Å². The summed E-state index contributed by atoms with van der Waals surface area (Å²) in [5.41, 5.74) is 5.53. The van der Waals surface area contributed by atoms with Crippen LogP contribution in [0.25, 0.3) is 0 Å². The van der Waals surface area contributed by atoms with Crippen molar-refractivity contribution >= 4 is 31.2 Å². The highest BCUT2D eigenvalue weighted by Crippen LogP contribution is 2.30. The third-order valence-electron chi connectivity index (χ3n) is 3.76. The minimum atomic E-state index is -1.52. The maximum Gasteiger partial charge on any atom is 0.149 e. The number of hydrogen-bond donors (Lipinski definition) is 1. The van der Waals surface area contributed by atoms with E-state index in [-0.39, 0.29) is 12.4 Å². The first-order valence-corrected chi connectivity index (χ1v) is 12.9. The minimum absolute atomic E-state index is 0.229. The van der Waals surface area contributed by atoms with Crippen LogP contribution >= 0.6 is 11.6 Å². The highest BCUT2D eigenvalue weighted by Gasteiger charge is 2.10. The maximum atomic E-state index is 13.3. The van der Waals surface area contributed by atoms with Crippen LogP contribution in [0.5, 0.6) is 5.75 Å². The third kappa shape index (κ3) is 6.31. The molecular weight excluding hydrogens is 405 g/mol. The fourth-order valence-electron chi connectivity index (χ4n) is 2.40. The summed E-state index contributed by atoms with van der Waals surface area (Å²) < 4.78 is 19.0. The molecule has 0 atom stereocenters. The van der Waals surface area contributed by atoms with E-state index in [2.05, 4.69) is 46.4 Å². The van der Waals surface area contributed by atoms with Crippen LogP contribution in [0, 0.1) is 17.3 Å². The Hall–Kier alpha value is -2.88. The zero-order valence-corrected chi connectivity index (χ0v) is 18.2. The van der Waals surface area contributed by atoms with E-state index in [0.29, 0.717) is 16.6 Å². The zero-order chi connectivity index (χ0) is 20.9. The van der Waals surface area contributed by atoms with E-state index in [9.17, 15) is 4.39 Å². The van der Waals surface area contributed by atoms with Crippen molar-refractivity contribution in [2.75, 3.05) is 5.32 Å². The van der Waals surface area contributed by atoms with Gasteiger partial charge in [-0.05, 0) is 35.9 Å². The van der Waals surface area contributed by atoms with Gasteiger partial charge in [-0.1, -0.05) is 49.3 Å². The predicted octanol–water partition coefficient (Wildman–Crippen LogP) is 5.82. The zero-order valence-electron chi connectivity index (χ0n) is 16.5. The monoisotopic (exact) mass is 425 g/mol. The molecule has 7 heteroatoms. The molecule has 0 aliphatic rings. The molecule has 3 aromatic rings. The number of nitrogens with one attached hydrogen (secondary N) is 1. The smallest absolute Gasteiger partial charge is 0.149 e. The third-order valence-corrected chi connectivity index (χ3v) is 4.93. The highest BCUT2D eigenvalue weighted by atomic mass is 35.5. The van der Waals surface area contributed by atoms with Gasteiger partial charge in [0.2, 0.25) is 0 Å². The first-order valence-electron chi connectivity index (χ1n) is 9.07. The molecule has 0 saturated carbocycles. The molecule has 29 heavy (non-hydrogen) atoms. The molecule has 2 aromatic carbocycles. The summed E-state index contributed by atoms with van der Waals surface area (Å²) >= 11 is 6.36. The number of hydrogen-bond acceptors (Lipinski definition) is 4. The fraction of sp³-hybridized carbons (Fsp3) is 0.182. The average Bonchev–Trinajstić information content (AvgIpc) is 2.66. The van der Waals surface area contributed by atoms with E-state index in [4.69, 9.17) is 16.3 Å². The van der Waals surface area contributed by atoms with Crippen LogP contribution in [-0.4, -0.2) is 18.0 Å². The van der Waals surface area contributed by atoms with Crippen molar-refractivity contribution in [2.45, 2.75) is 26.2 Å². The summed E-state index contributed by atoms with van der Waals surface area (Å²) in [4.78, 5) is 8.36. The van der Waals surface area contributed by atoms with E-state index >= 15 is 0 Å². The Morgan fingerprint density at radius 1 is 1.17 bits per heavy atom. The molecule has 0 fully saturated rings.